The van der Waals surface area contributed by atoms with Crippen LogP contribution in [-0.2, 0) is 19.1 Å². The van der Waals surface area contributed by atoms with E-state index < -0.39 is 23.8 Å². The van der Waals surface area contributed by atoms with E-state index >= 15 is 0 Å². The molecule has 1 N–H and O–H groups in total. The SMILES string of the molecule is CCCOC(=O)c1cccc(NC2=C(Cl)C(=O)N(c3ccc(C(=O)OCC)cc3)C2=O)c1. The number of hydrogen-bond donors (Lipinski definition) is 1. The quantitative estimate of drug-likeness (QED) is 0.475. The molecule has 1 aliphatic heterocycles. The lowest BCUT2D eigenvalue weighted by atomic mass is 10.2. The molecule has 1 heterocycles. The molecule has 32 heavy (non-hydrogen) atoms. The van der Waals surface area contributed by atoms with Gasteiger partial charge in [0, 0.05) is 5.69 Å². The summed E-state index contributed by atoms with van der Waals surface area (Å²) in [5, 5.41) is 2.53. The van der Waals surface area contributed by atoms with E-state index in [1.54, 1.807) is 25.1 Å². The fourth-order valence-electron chi connectivity index (χ4n) is 2.95. The first-order valence-corrected chi connectivity index (χ1v) is 10.3. The Kier molecular flexibility index (Phi) is 7.27. The van der Waals surface area contributed by atoms with Crippen LogP contribution < -0.4 is 10.2 Å². The molecule has 2 aromatic carbocycles. The van der Waals surface area contributed by atoms with Crippen LogP contribution in [0.15, 0.2) is 59.3 Å². The first-order valence-electron chi connectivity index (χ1n) is 9.97. The smallest absolute Gasteiger partial charge is 0.338 e. The van der Waals surface area contributed by atoms with Gasteiger partial charge in [0.25, 0.3) is 11.8 Å². The molecule has 0 radical (unpaired) electrons. The van der Waals surface area contributed by atoms with Crippen molar-refractivity contribution in [2.45, 2.75) is 20.3 Å². The topological polar surface area (TPSA) is 102 Å². The number of rotatable bonds is 8. The minimum absolute atomic E-state index is 0.120. The first-order chi connectivity index (χ1) is 15.4. The standard InChI is InChI=1S/C23H21ClN2O6/c1-3-12-32-23(30)15-6-5-7-16(13-15)25-19-18(24)20(27)26(21(19)28)17-10-8-14(9-11-17)22(29)31-4-2/h5-11,13,25H,3-4,12H2,1-2H3. The average molecular weight is 457 g/mol. The van der Waals surface area contributed by atoms with E-state index in [1.807, 2.05) is 6.92 Å². The zero-order valence-electron chi connectivity index (χ0n) is 17.5. The zero-order valence-corrected chi connectivity index (χ0v) is 18.3. The molecule has 0 saturated carbocycles. The van der Waals surface area contributed by atoms with Gasteiger partial charge >= 0.3 is 11.9 Å². The molecule has 2 amide bonds. The van der Waals surface area contributed by atoms with E-state index in [-0.39, 0.29) is 23.0 Å². The lowest BCUT2D eigenvalue weighted by Crippen LogP contribution is -2.32. The monoisotopic (exact) mass is 456 g/mol. The number of hydrogen-bond acceptors (Lipinski definition) is 7. The highest BCUT2D eigenvalue weighted by molar-refractivity contribution is 6.53. The van der Waals surface area contributed by atoms with Gasteiger partial charge in [-0.25, -0.2) is 14.5 Å². The molecule has 1 aliphatic rings. The van der Waals surface area contributed by atoms with Gasteiger partial charge in [-0.05, 0) is 55.8 Å². The maximum Gasteiger partial charge on any atom is 0.338 e. The second kappa shape index (κ2) is 10.1. The normalized spacial score (nSPS) is 13.4. The van der Waals surface area contributed by atoms with E-state index in [2.05, 4.69) is 5.32 Å². The summed E-state index contributed by atoms with van der Waals surface area (Å²) in [6, 6.07) is 12.2. The maximum absolute atomic E-state index is 12.9. The van der Waals surface area contributed by atoms with Gasteiger partial charge in [-0.1, -0.05) is 24.6 Å². The Morgan fingerprint density at radius 2 is 1.62 bits per heavy atom. The van der Waals surface area contributed by atoms with Crippen molar-refractivity contribution in [2.75, 3.05) is 23.4 Å². The van der Waals surface area contributed by atoms with E-state index in [4.69, 9.17) is 21.1 Å². The van der Waals surface area contributed by atoms with Crippen molar-refractivity contribution in [3.05, 3.63) is 70.4 Å². The third kappa shape index (κ3) is 4.81. The Bertz CT molecular complexity index is 1090. The molecular weight excluding hydrogens is 436 g/mol. The number of nitrogens with zero attached hydrogens (tertiary/aromatic N) is 1. The average Bonchev–Trinajstić information content (AvgIpc) is 3.01. The van der Waals surface area contributed by atoms with Gasteiger partial charge in [0.2, 0.25) is 0 Å². The summed E-state index contributed by atoms with van der Waals surface area (Å²) in [4.78, 5) is 50.4. The summed E-state index contributed by atoms with van der Waals surface area (Å²) < 4.78 is 10.0. The van der Waals surface area contributed by atoms with Gasteiger partial charge in [0.15, 0.2) is 0 Å². The minimum atomic E-state index is -0.707. The first kappa shape index (κ1) is 23.0. The van der Waals surface area contributed by atoms with Crippen molar-refractivity contribution in [1.82, 2.24) is 0 Å². The number of nitrogens with one attached hydrogen (secondary N) is 1. The third-order valence-electron chi connectivity index (χ3n) is 4.47. The number of carbonyl (C=O) groups excluding carboxylic acids is 4. The van der Waals surface area contributed by atoms with Crippen LogP contribution in [0.3, 0.4) is 0 Å². The van der Waals surface area contributed by atoms with Gasteiger partial charge in [0.1, 0.15) is 10.7 Å². The molecule has 0 aromatic heterocycles. The minimum Gasteiger partial charge on any atom is -0.462 e. The van der Waals surface area contributed by atoms with Crippen LogP contribution in [0.5, 0.6) is 0 Å². The van der Waals surface area contributed by atoms with Gasteiger partial charge in [-0.15, -0.1) is 0 Å². The van der Waals surface area contributed by atoms with Gasteiger partial charge in [-0.2, -0.15) is 0 Å². The molecule has 8 nitrogen and oxygen atoms in total. The van der Waals surface area contributed by atoms with Crippen LogP contribution in [0.4, 0.5) is 11.4 Å². The molecule has 0 fully saturated rings. The van der Waals surface area contributed by atoms with Crippen molar-refractivity contribution in [2.24, 2.45) is 0 Å². The van der Waals surface area contributed by atoms with Crippen molar-refractivity contribution in [1.29, 1.82) is 0 Å². The number of esters is 2. The highest BCUT2D eigenvalue weighted by Crippen LogP contribution is 2.30. The molecule has 0 atom stereocenters. The van der Waals surface area contributed by atoms with Crippen LogP contribution in [0.25, 0.3) is 0 Å². The lowest BCUT2D eigenvalue weighted by molar-refractivity contribution is -0.120. The predicted molar refractivity (Wildman–Crippen MR) is 118 cm³/mol. The fourth-order valence-corrected chi connectivity index (χ4v) is 3.17. The number of ether oxygens (including phenoxy) is 2. The third-order valence-corrected chi connectivity index (χ3v) is 4.82. The van der Waals surface area contributed by atoms with Crippen molar-refractivity contribution in [3.63, 3.8) is 0 Å². The molecular formula is C23H21ClN2O6. The molecule has 166 valence electrons. The van der Waals surface area contributed by atoms with E-state index in [1.165, 1.54) is 30.3 Å². The van der Waals surface area contributed by atoms with E-state index in [0.717, 1.165) is 4.90 Å². The Morgan fingerprint density at radius 3 is 2.28 bits per heavy atom. The van der Waals surface area contributed by atoms with Crippen LogP contribution in [0, 0.1) is 0 Å². The fraction of sp³-hybridized carbons (Fsp3) is 0.217. The van der Waals surface area contributed by atoms with Crippen molar-refractivity contribution in [3.8, 4) is 0 Å². The number of benzene rings is 2. The Labute approximate surface area is 189 Å². The number of amides is 2. The van der Waals surface area contributed by atoms with Crippen LogP contribution in [0.1, 0.15) is 41.0 Å². The van der Waals surface area contributed by atoms with Crippen LogP contribution >= 0.6 is 11.6 Å². The number of anilines is 2. The van der Waals surface area contributed by atoms with Crippen molar-refractivity contribution >= 4 is 46.7 Å². The number of imide groups is 1. The molecule has 3 rings (SSSR count). The summed E-state index contributed by atoms with van der Waals surface area (Å²) in [5.41, 5.74) is 1.11. The molecule has 0 aliphatic carbocycles. The second-order valence-electron chi connectivity index (χ2n) is 6.74. The van der Waals surface area contributed by atoms with Gasteiger partial charge in [-0.3, -0.25) is 9.59 Å². The molecule has 9 heteroatoms. The molecule has 2 aromatic rings. The predicted octanol–water partition coefficient (Wildman–Crippen LogP) is 3.87. The Morgan fingerprint density at radius 1 is 0.938 bits per heavy atom. The summed E-state index contributed by atoms with van der Waals surface area (Å²) in [6.45, 7) is 4.11. The summed E-state index contributed by atoms with van der Waals surface area (Å²) in [6.07, 6.45) is 0.694. The maximum atomic E-state index is 12.9. The molecule has 0 unspecified atom stereocenters. The largest absolute Gasteiger partial charge is 0.462 e. The van der Waals surface area contributed by atoms with Gasteiger partial charge in [0.05, 0.1) is 30.0 Å². The summed E-state index contributed by atoms with van der Waals surface area (Å²) in [5.74, 6) is -2.37. The molecule has 0 spiro atoms. The van der Waals surface area contributed by atoms with Gasteiger partial charge < -0.3 is 14.8 Å². The Balaban J connectivity index is 1.79. The van der Waals surface area contributed by atoms with Crippen molar-refractivity contribution < 1.29 is 28.7 Å². The number of carbonyl (C=O) groups is 4. The molecule has 0 saturated heterocycles. The second-order valence-corrected chi connectivity index (χ2v) is 7.12. The summed E-state index contributed by atoms with van der Waals surface area (Å²) in [7, 11) is 0. The summed E-state index contributed by atoms with van der Waals surface area (Å²) >= 11 is 6.15. The highest BCUT2D eigenvalue weighted by Gasteiger charge is 2.39. The Hall–Kier alpha value is -3.65. The molecule has 0 bridgehead atoms. The van der Waals surface area contributed by atoms with E-state index in [0.29, 0.717) is 29.8 Å². The lowest BCUT2D eigenvalue weighted by Gasteiger charge is -2.15. The van der Waals surface area contributed by atoms with Crippen LogP contribution in [0.2, 0.25) is 0 Å². The zero-order chi connectivity index (χ0) is 23.3. The van der Waals surface area contributed by atoms with E-state index in [9.17, 15) is 19.2 Å². The van der Waals surface area contributed by atoms with Crippen LogP contribution in [-0.4, -0.2) is 37.0 Å². The number of halogens is 1. The highest BCUT2D eigenvalue weighted by atomic mass is 35.5.